The predicted octanol–water partition coefficient (Wildman–Crippen LogP) is 2.94. The van der Waals surface area contributed by atoms with E-state index in [4.69, 9.17) is 0 Å². The predicted molar refractivity (Wildman–Crippen MR) is 67.7 cm³/mol. The minimum Gasteiger partial charge on any atom is -0.296 e. The van der Waals surface area contributed by atoms with E-state index in [1.165, 1.54) is 23.5 Å². The van der Waals surface area contributed by atoms with Crippen molar-refractivity contribution in [2.24, 2.45) is 0 Å². The van der Waals surface area contributed by atoms with Crippen LogP contribution in [0.5, 0.6) is 0 Å². The zero-order valence-corrected chi connectivity index (χ0v) is 10.2. The average Bonchev–Trinajstić information content (AvgIpc) is 2.88. The molecule has 0 saturated heterocycles. The number of hydrogen-bond acceptors (Lipinski definition) is 3. The maximum absolute atomic E-state index is 13.1. The van der Waals surface area contributed by atoms with Crippen LogP contribution in [0.3, 0.4) is 0 Å². The Bertz CT molecular complexity index is 717. The number of imidazole rings is 1. The highest BCUT2D eigenvalue weighted by Crippen LogP contribution is 2.21. The third kappa shape index (κ3) is 1.93. The minimum absolute atomic E-state index is 0.234. The van der Waals surface area contributed by atoms with Crippen LogP contribution in [0, 0.1) is 5.82 Å². The molecule has 18 heavy (non-hydrogen) atoms. The second kappa shape index (κ2) is 4.34. The second-order valence-electron chi connectivity index (χ2n) is 3.96. The Balaban J connectivity index is 1.95. The van der Waals surface area contributed by atoms with Gasteiger partial charge in [0.1, 0.15) is 11.5 Å². The van der Waals surface area contributed by atoms with Gasteiger partial charge in [-0.05, 0) is 17.7 Å². The van der Waals surface area contributed by atoms with Gasteiger partial charge in [0.15, 0.2) is 11.2 Å². The topological polar surface area (TPSA) is 34.4 Å². The van der Waals surface area contributed by atoms with Gasteiger partial charge in [-0.2, -0.15) is 0 Å². The fraction of sp³-hybridized carbons (Fsp3) is 0.0769. The van der Waals surface area contributed by atoms with E-state index < -0.39 is 0 Å². The van der Waals surface area contributed by atoms with Gasteiger partial charge >= 0.3 is 0 Å². The van der Waals surface area contributed by atoms with Crippen molar-refractivity contribution in [2.75, 3.05) is 0 Å². The number of carbonyl (C=O) groups excluding carboxylic acids is 1. The third-order valence-corrected chi connectivity index (χ3v) is 3.67. The lowest BCUT2D eigenvalue weighted by Gasteiger charge is -1.97. The van der Waals surface area contributed by atoms with E-state index >= 15 is 0 Å². The van der Waals surface area contributed by atoms with Gasteiger partial charge in [-0.25, -0.2) is 9.37 Å². The van der Waals surface area contributed by atoms with Crippen LogP contribution in [0.1, 0.15) is 20.9 Å². The molecule has 90 valence electrons. The molecular weight excluding hydrogens is 251 g/mol. The Labute approximate surface area is 107 Å². The van der Waals surface area contributed by atoms with Gasteiger partial charge in [-0.15, -0.1) is 11.3 Å². The summed E-state index contributed by atoms with van der Waals surface area (Å²) in [6.07, 6.45) is 4.84. The van der Waals surface area contributed by atoms with E-state index in [-0.39, 0.29) is 5.82 Å². The van der Waals surface area contributed by atoms with Crippen molar-refractivity contribution in [1.29, 1.82) is 0 Å². The summed E-state index contributed by atoms with van der Waals surface area (Å²) in [7, 11) is 0. The SMILES string of the molecule is O=Cc1cnc2sc(Cc3cccc(F)c3)cn12. The Hall–Kier alpha value is -2.01. The van der Waals surface area contributed by atoms with Gasteiger partial charge in [-0.1, -0.05) is 12.1 Å². The first kappa shape index (κ1) is 11.1. The third-order valence-electron chi connectivity index (χ3n) is 2.68. The number of nitrogens with zero attached hydrogens (tertiary/aromatic N) is 2. The molecule has 0 fully saturated rings. The maximum Gasteiger partial charge on any atom is 0.194 e. The highest BCUT2D eigenvalue weighted by molar-refractivity contribution is 7.17. The first-order chi connectivity index (χ1) is 8.76. The number of aldehydes is 1. The van der Waals surface area contributed by atoms with E-state index in [0.717, 1.165) is 21.7 Å². The zero-order valence-electron chi connectivity index (χ0n) is 9.34. The molecule has 5 heteroatoms. The Morgan fingerprint density at radius 2 is 2.33 bits per heavy atom. The van der Waals surface area contributed by atoms with E-state index in [1.54, 1.807) is 16.7 Å². The smallest absolute Gasteiger partial charge is 0.194 e. The van der Waals surface area contributed by atoms with Gasteiger partial charge in [-0.3, -0.25) is 9.20 Å². The number of benzene rings is 1. The number of hydrogen-bond donors (Lipinski definition) is 0. The van der Waals surface area contributed by atoms with Crippen LogP contribution in [0.2, 0.25) is 0 Å². The van der Waals surface area contributed by atoms with Gasteiger partial charge < -0.3 is 0 Å². The standard InChI is InChI=1S/C13H9FN2OS/c14-10-3-1-2-9(4-10)5-12-7-16-11(8-17)6-15-13(16)18-12/h1-4,6-8H,5H2. The van der Waals surface area contributed by atoms with Crippen LogP contribution in [0.15, 0.2) is 36.7 Å². The quantitative estimate of drug-likeness (QED) is 0.678. The molecule has 3 rings (SSSR count). The molecule has 0 aliphatic carbocycles. The minimum atomic E-state index is -0.234. The molecule has 0 aliphatic heterocycles. The number of fused-ring (bicyclic) bond motifs is 1. The zero-order chi connectivity index (χ0) is 12.5. The summed E-state index contributed by atoms with van der Waals surface area (Å²) in [5, 5.41) is 0. The lowest BCUT2D eigenvalue weighted by molar-refractivity contribution is 0.111. The van der Waals surface area contributed by atoms with Crippen LogP contribution < -0.4 is 0 Å². The molecular formula is C13H9FN2OS. The van der Waals surface area contributed by atoms with Crippen molar-refractivity contribution in [1.82, 2.24) is 9.38 Å². The van der Waals surface area contributed by atoms with Crippen molar-refractivity contribution < 1.29 is 9.18 Å². The van der Waals surface area contributed by atoms with Gasteiger partial charge in [0.25, 0.3) is 0 Å². The van der Waals surface area contributed by atoms with Crippen molar-refractivity contribution in [3.8, 4) is 0 Å². The van der Waals surface area contributed by atoms with Crippen LogP contribution in [0.4, 0.5) is 4.39 Å². The fourth-order valence-electron chi connectivity index (χ4n) is 1.87. The summed E-state index contributed by atoms with van der Waals surface area (Å²) in [4.78, 5) is 16.8. The van der Waals surface area contributed by atoms with Crippen molar-refractivity contribution in [3.63, 3.8) is 0 Å². The summed E-state index contributed by atoms with van der Waals surface area (Å²) in [5.74, 6) is -0.234. The van der Waals surface area contributed by atoms with Crippen molar-refractivity contribution in [3.05, 3.63) is 58.6 Å². The first-order valence-corrected chi connectivity index (χ1v) is 6.23. The van der Waals surface area contributed by atoms with E-state index in [1.807, 2.05) is 12.3 Å². The maximum atomic E-state index is 13.1. The molecule has 0 saturated carbocycles. The largest absolute Gasteiger partial charge is 0.296 e. The molecule has 0 bridgehead atoms. The summed E-state index contributed by atoms with van der Waals surface area (Å²) < 4.78 is 14.8. The molecule has 0 spiro atoms. The molecule has 3 aromatic rings. The molecule has 2 heterocycles. The monoisotopic (exact) mass is 260 g/mol. The normalized spacial score (nSPS) is 10.9. The lowest BCUT2D eigenvalue weighted by Crippen LogP contribution is -1.88. The number of aromatic nitrogens is 2. The summed E-state index contributed by atoms with van der Waals surface area (Å²) in [6, 6.07) is 6.52. The highest BCUT2D eigenvalue weighted by Gasteiger charge is 2.08. The Morgan fingerprint density at radius 1 is 1.44 bits per heavy atom. The second-order valence-corrected chi connectivity index (χ2v) is 5.05. The Kier molecular flexibility index (Phi) is 2.68. The molecule has 0 N–H and O–H groups in total. The van der Waals surface area contributed by atoms with Crippen molar-refractivity contribution >= 4 is 22.6 Å². The molecule has 0 radical (unpaired) electrons. The van der Waals surface area contributed by atoms with Gasteiger partial charge in [0.05, 0.1) is 6.20 Å². The molecule has 1 aromatic carbocycles. The molecule has 2 aromatic heterocycles. The molecule has 0 aliphatic rings. The molecule has 0 atom stereocenters. The average molecular weight is 260 g/mol. The van der Waals surface area contributed by atoms with E-state index in [9.17, 15) is 9.18 Å². The van der Waals surface area contributed by atoms with Gasteiger partial charge in [0.2, 0.25) is 0 Å². The number of thiazole rings is 1. The summed E-state index contributed by atoms with van der Waals surface area (Å²) in [6.45, 7) is 0. The Morgan fingerprint density at radius 3 is 3.11 bits per heavy atom. The fourth-order valence-corrected chi connectivity index (χ4v) is 2.86. The number of rotatable bonds is 3. The molecule has 0 amide bonds. The lowest BCUT2D eigenvalue weighted by atomic mass is 10.1. The highest BCUT2D eigenvalue weighted by atomic mass is 32.1. The summed E-state index contributed by atoms with van der Waals surface area (Å²) in [5.41, 5.74) is 1.44. The van der Waals surface area contributed by atoms with Crippen molar-refractivity contribution in [2.45, 2.75) is 6.42 Å². The van der Waals surface area contributed by atoms with E-state index in [2.05, 4.69) is 4.98 Å². The van der Waals surface area contributed by atoms with Crippen LogP contribution in [-0.4, -0.2) is 15.7 Å². The van der Waals surface area contributed by atoms with Gasteiger partial charge in [0, 0.05) is 17.5 Å². The van der Waals surface area contributed by atoms with Crippen LogP contribution in [-0.2, 0) is 6.42 Å². The van der Waals surface area contributed by atoms with Crippen LogP contribution in [0.25, 0.3) is 4.96 Å². The first-order valence-electron chi connectivity index (χ1n) is 5.41. The van der Waals surface area contributed by atoms with E-state index in [0.29, 0.717) is 12.1 Å². The number of carbonyl (C=O) groups is 1. The molecule has 0 unspecified atom stereocenters. The molecule has 3 nitrogen and oxygen atoms in total. The summed E-state index contributed by atoms with van der Waals surface area (Å²) >= 11 is 1.50. The number of halogens is 1. The van der Waals surface area contributed by atoms with Crippen LogP contribution >= 0.6 is 11.3 Å².